The summed E-state index contributed by atoms with van der Waals surface area (Å²) < 4.78 is 43.4. The molecule has 0 aliphatic carbocycles. The molecule has 5 nitrogen and oxygen atoms in total. The van der Waals surface area contributed by atoms with Crippen molar-refractivity contribution < 1.29 is 17.5 Å². The minimum atomic E-state index is -3.80. The Balaban J connectivity index is 2.13. The van der Waals surface area contributed by atoms with Crippen LogP contribution in [0.2, 0.25) is 0 Å². The lowest BCUT2D eigenvalue weighted by molar-refractivity contribution is 0.0361. The summed E-state index contributed by atoms with van der Waals surface area (Å²) in [6.07, 6.45) is -0.424. The predicted octanol–water partition coefficient (Wildman–Crippen LogP) is 3.52. The molecule has 2 aromatic carbocycles. The van der Waals surface area contributed by atoms with Crippen molar-refractivity contribution in [2.45, 2.75) is 19.1 Å². The third kappa shape index (κ3) is 5.30. The van der Waals surface area contributed by atoms with Crippen LogP contribution >= 0.6 is 0 Å². The first-order chi connectivity index (χ1) is 11.9. The summed E-state index contributed by atoms with van der Waals surface area (Å²) in [5, 5.41) is 6.59. The first kappa shape index (κ1) is 19.0. The summed E-state index contributed by atoms with van der Waals surface area (Å²) in [6, 6.07) is 15.4. The summed E-state index contributed by atoms with van der Waals surface area (Å²) in [5.41, 5.74) is 1.18. The van der Waals surface area contributed by atoms with Crippen molar-refractivity contribution in [2.24, 2.45) is 4.99 Å². The topological polar surface area (TPSA) is 79.6 Å². The smallest absolute Gasteiger partial charge is 0.239 e. The lowest BCUT2D eigenvalue weighted by atomic mass is 10.1. The second-order valence-corrected chi connectivity index (χ2v) is 7.40. The van der Waals surface area contributed by atoms with Crippen LogP contribution in [-0.4, -0.2) is 26.1 Å². The van der Waals surface area contributed by atoms with Gasteiger partial charge < -0.3 is 4.74 Å². The molecule has 1 N–H and O–H groups in total. The van der Waals surface area contributed by atoms with E-state index >= 15 is 0 Å². The second-order valence-electron chi connectivity index (χ2n) is 5.37. The number of nitrogens with zero attached hydrogens (tertiary/aromatic N) is 1. The molecule has 1 unspecified atom stereocenters. The van der Waals surface area contributed by atoms with Gasteiger partial charge in [-0.15, -0.1) is 0 Å². The molecule has 0 spiro atoms. The van der Waals surface area contributed by atoms with E-state index in [9.17, 15) is 12.8 Å². The molecule has 0 aliphatic rings. The van der Waals surface area contributed by atoms with Gasteiger partial charge in [0, 0.05) is 5.56 Å². The van der Waals surface area contributed by atoms with E-state index in [1.807, 2.05) is 30.3 Å². The van der Waals surface area contributed by atoms with Gasteiger partial charge in [0.05, 0.1) is 18.5 Å². The van der Waals surface area contributed by atoms with E-state index in [1.54, 1.807) is 18.2 Å². The van der Waals surface area contributed by atoms with Gasteiger partial charge in [-0.2, -0.15) is 0 Å². The van der Waals surface area contributed by atoms with Crippen LogP contribution in [0.4, 0.5) is 4.39 Å². The van der Waals surface area contributed by atoms with Crippen LogP contribution in [0.1, 0.15) is 23.7 Å². The summed E-state index contributed by atoms with van der Waals surface area (Å²) in [4.78, 5) is 3.17. The van der Waals surface area contributed by atoms with Gasteiger partial charge in [-0.05, 0) is 24.8 Å². The Morgan fingerprint density at radius 3 is 2.44 bits per heavy atom. The molecule has 0 saturated carbocycles. The van der Waals surface area contributed by atoms with Crippen LogP contribution in [0.25, 0.3) is 0 Å². The monoisotopic (exact) mass is 362 g/mol. The van der Waals surface area contributed by atoms with Crippen LogP contribution < -0.4 is 0 Å². The summed E-state index contributed by atoms with van der Waals surface area (Å²) >= 11 is 0. The standard InChI is InChI=1S/C18H19FN2O3S/c1-21-18(20)25(22,23)12-11-17(14-7-3-2-4-8-14)24-13-15-9-5-6-10-16(15)19/h2-10,17,20H,1,11-13H2. The van der Waals surface area contributed by atoms with E-state index in [2.05, 4.69) is 11.7 Å². The normalized spacial score (nSPS) is 12.5. The van der Waals surface area contributed by atoms with Crippen molar-refractivity contribution in [3.05, 3.63) is 71.5 Å². The number of hydrogen-bond acceptors (Lipinski definition) is 4. The van der Waals surface area contributed by atoms with Gasteiger partial charge in [0.2, 0.25) is 15.0 Å². The average molecular weight is 362 g/mol. The molecular formula is C18H19FN2O3S. The molecule has 25 heavy (non-hydrogen) atoms. The number of amidine groups is 1. The fourth-order valence-electron chi connectivity index (χ4n) is 2.28. The highest BCUT2D eigenvalue weighted by Crippen LogP contribution is 2.24. The Morgan fingerprint density at radius 1 is 1.16 bits per heavy atom. The number of aliphatic imine (C=N–C) groups is 1. The Hall–Kier alpha value is -2.38. The maximum absolute atomic E-state index is 13.7. The average Bonchev–Trinajstić information content (AvgIpc) is 2.63. The third-order valence-corrected chi connectivity index (χ3v) is 5.15. The van der Waals surface area contributed by atoms with E-state index in [-0.39, 0.29) is 24.6 Å². The van der Waals surface area contributed by atoms with Crippen molar-refractivity contribution in [1.82, 2.24) is 0 Å². The zero-order chi connectivity index (χ0) is 18.3. The molecule has 0 radical (unpaired) electrons. The Morgan fingerprint density at radius 2 is 1.80 bits per heavy atom. The molecule has 0 aromatic heterocycles. The highest BCUT2D eigenvalue weighted by molar-refractivity contribution is 8.06. The number of benzene rings is 2. The first-order valence-electron chi connectivity index (χ1n) is 7.62. The number of ether oxygens (including phenoxy) is 1. The number of sulfone groups is 1. The molecule has 2 aromatic rings. The molecule has 7 heteroatoms. The van der Waals surface area contributed by atoms with Gasteiger partial charge in [-0.3, -0.25) is 5.41 Å². The lowest BCUT2D eigenvalue weighted by Crippen LogP contribution is -2.18. The summed E-state index contributed by atoms with van der Waals surface area (Å²) in [7, 11) is -3.80. The Kier molecular flexibility index (Phi) is 6.55. The maximum Gasteiger partial charge on any atom is 0.239 e. The van der Waals surface area contributed by atoms with E-state index < -0.39 is 21.1 Å². The Labute approximate surface area is 146 Å². The summed E-state index contributed by atoms with van der Waals surface area (Å²) in [5.74, 6) is -0.679. The van der Waals surface area contributed by atoms with Crippen molar-refractivity contribution in [3.8, 4) is 0 Å². The largest absolute Gasteiger partial charge is 0.369 e. The third-order valence-electron chi connectivity index (χ3n) is 3.66. The predicted molar refractivity (Wildman–Crippen MR) is 96.1 cm³/mol. The lowest BCUT2D eigenvalue weighted by Gasteiger charge is -2.18. The highest BCUT2D eigenvalue weighted by atomic mass is 32.2. The van der Waals surface area contributed by atoms with E-state index in [0.29, 0.717) is 5.56 Å². The molecule has 0 bridgehead atoms. The van der Waals surface area contributed by atoms with E-state index in [4.69, 9.17) is 10.1 Å². The molecule has 0 amide bonds. The molecule has 0 fully saturated rings. The first-order valence-corrected chi connectivity index (χ1v) is 9.27. The minimum Gasteiger partial charge on any atom is -0.369 e. The number of halogens is 1. The SMILES string of the molecule is C=NC(=N)S(=O)(=O)CCC(OCc1ccccc1F)c1ccccc1. The zero-order valence-electron chi connectivity index (χ0n) is 13.6. The maximum atomic E-state index is 13.7. The van der Waals surface area contributed by atoms with Gasteiger partial charge in [0.15, 0.2) is 0 Å². The minimum absolute atomic E-state index is 0.0173. The highest BCUT2D eigenvalue weighted by Gasteiger charge is 2.21. The van der Waals surface area contributed by atoms with Gasteiger partial charge >= 0.3 is 0 Å². The molecule has 0 heterocycles. The molecule has 2 rings (SSSR count). The molecule has 1 atom stereocenters. The quantitative estimate of drug-likeness (QED) is 0.604. The zero-order valence-corrected chi connectivity index (χ0v) is 14.4. The van der Waals surface area contributed by atoms with Crippen molar-refractivity contribution >= 4 is 21.7 Å². The fourth-order valence-corrected chi connectivity index (χ4v) is 3.19. The van der Waals surface area contributed by atoms with Crippen molar-refractivity contribution in [2.75, 3.05) is 5.75 Å². The van der Waals surface area contributed by atoms with E-state index in [0.717, 1.165) is 5.56 Å². The second kappa shape index (κ2) is 8.64. The number of rotatable bonds is 7. The number of nitrogens with one attached hydrogen (secondary N) is 1. The molecule has 0 aliphatic heterocycles. The Bertz CT molecular complexity index is 838. The summed E-state index contributed by atoms with van der Waals surface area (Å²) in [6.45, 7) is 3.09. The number of hydrogen-bond donors (Lipinski definition) is 1. The van der Waals surface area contributed by atoms with Gasteiger partial charge in [0.25, 0.3) is 0 Å². The van der Waals surface area contributed by atoms with E-state index in [1.165, 1.54) is 6.07 Å². The van der Waals surface area contributed by atoms with Crippen LogP contribution in [0.3, 0.4) is 0 Å². The van der Waals surface area contributed by atoms with Gasteiger partial charge in [0.1, 0.15) is 5.82 Å². The van der Waals surface area contributed by atoms with Gasteiger partial charge in [-0.25, -0.2) is 17.8 Å². The van der Waals surface area contributed by atoms with Gasteiger partial charge in [-0.1, -0.05) is 48.5 Å². The fraction of sp³-hybridized carbons (Fsp3) is 0.222. The molecular weight excluding hydrogens is 343 g/mol. The van der Waals surface area contributed by atoms with Crippen LogP contribution in [0.15, 0.2) is 59.6 Å². The van der Waals surface area contributed by atoms with Crippen molar-refractivity contribution in [1.29, 1.82) is 5.41 Å². The van der Waals surface area contributed by atoms with Crippen LogP contribution in [0.5, 0.6) is 0 Å². The molecule has 0 saturated heterocycles. The van der Waals surface area contributed by atoms with Crippen molar-refractivity contribution in [3.63, 3.8) is 0 Å². The van der Waals surface area contributed by atoms with Crippen LogP contribution in [-0.2, 0) is 21.2 Å². The molecule has 132 valence electrons. The van der Waals surface area contributed by atoms with Crippen LogP contribution in [0, 0.1) is 11.2 Å².